The molecule has 1 aromatic heterocycles. The van der Waals surface area contributed by atoms with Crippen LogP contribution in [0.3, 0.4) is 0 Å². The smallest absolute Gasteiger partial charge is 0.417 e. The quantitative estimate of drug-likeness (QED) is 0.223. The van der Waals surface area contributed by atoms with Crippen molar-refractivity contribution in [1.82, 2.24) is 19.8 Å². The number of nitrogens with zero attached hydrogens (tertiary/aromatic N) is 5. The minimum atomic E-state index is -1.17. The number of likely N-dealkylation sites (tertiary alicyclic amines) is 1. The van der Waals surface area contributed by atoms with Crippen molar-refractivity contribution < 1.29 is 19.4 Å². The summed E-state index contributed by atoms with van der Waals surface area (Å²) >= 11 is 0. The number of piperidine rings is 1. The molecule has 2 amide bonds. The summed E-state index contributed by atoms with van der Waals surface area (Å²) in [6.07, 6.45) is 6.11. The van der Waals surface area contributed by atoms with Crippen LogP contribution in [0, 0.1) is 0 Å². The van der Waals surface area contributed by atoms with Gasteiger partial charge in [0.15, 0.2) is 0 Å². The predicted octanol–water partition coefficient (Wildman–Crippen LogP) is 6.09. The van der Waals surface area contributed by atoms with Crippen LogP contribution in [-0.2, 0) is 11.2 Å². The van der Waals surface area contributed by atoms with Crippen molar-refractivity contribution in [3.05, 3.63) is 66.4 Å². The van der Waals surface area contributed by atoms with Crippen LogP contribution in [0.1, 0.15) is 51.5 Å². The molecule has 10 heteroatoms. The Morgan fingerprint density at radius 2 is 1.81 bits per heavy atom. The number of hydrogen-bond donors (Lipinski definition) is 2. The molecule has 0 bridgehead atoms. The maximum absolute atomic E-state index is 12.4. The van der Waals surface area contributed by atoms with Gasteiger partial charge in [-0.25, -0.2) is 14.7 Å². The molecule has 10 nitrogen and oxygen atoms in total. The maximum Gasteiger partial charge on any atom is 0.417 e. The van der Waals surface area contributed by atoms with E-state index in [4.69, 9.17) is 4.74 Å². The van der Waals surface area contributed by atoms with Gasteiger partial charge in [-0.05, 0) is 82.4 Å². The molecule has 0 unspecified atom stereocenters. The van der Waals surface area contributed by atoms with Gasteiger partial charge in [-0.1, -0.05) is 24.6 Å². The third-order valence-electron chi connectivity index (χ3n) is 7.40. The van der Waals surface area contributed by atoms with Crippen LogP contribution in [0.15, 0.2) is 60.8 Å². The van der Waals surface area contributed by atoms with Crippen LogP contribution in [-0.4, -0.2) is 76.2 Å². The monoisotopic (exact) mass is 574 g/mol. The van der Waals surface area contributed by atoms with Crippen molar-refractivity contribution in [2.75, 3.05) is 49.5 Å². The molecule has 2 N–H and O–H groups in total. The summed E-state index contributed by atoms with van der Waals surface area (Å²) in [6, 6.07) is 16.3. The van der Waals surface area contributed by atoms with Crippen molar-refractivity contribution in [2.45, 2.75) is 52.4 Å². The van der Waals surface area contributed by atoms with Gasteiger partial charge in [-0.3, -0.25) is 4.79 Å². The standard InChI is InChI=1S/C32H42N6O4/c1-3-37(4-2)30(39)16-15-25-11-8-13-27(23-25)38(32(40)41)29-17-18-33-31(35-29)34-26-12-9-14-28(24-26)42-22-10-21-36-19-6-5-7-20-36/h8-9,11-14,17-18,23-24H,3-7,10,15-16,19-22H2,1-2H3,(H,40,41)(H,33,34,35). The summed E-state index contributed by atoms with van der Waals surface area (Å²) in [4.78, 5) is 39.0. The van der Waals surface area contributed by atoms with Crippen molar-refractivity contribution in [1.29, 1.82) is 0 Å². The van der Waals surface area contributed by atoms with E-state index in [0.29, 0.717) is 38.2 Å². The number of ether oxygens (including phenoxy) is 1. The maximum atomic E-state index is 12.4. The molecule has 0 saturated carbocycles. The van der Waals surface area contributed by atoms with Gasteiger partial charge in [0.05, 0.1) is 12.3 Å². The van der Waals surface area contributed by atoms with Crippen molar-refractivity contribution >= 4 is 35.1 Å². The van der Waals surface area contributed by atoms with E-state index < -0.39 is 6.09 Å². The number of aromatic nitrogens is 2. The SMILES string of the molecule is CCN(CC)C(=O)CCc1cccc(N(C(=O)O)c2ccnc(Nc3cccc(OCCCN4CCCCC4)c3)n2)c1. The summed E-state index contributed by atoms with van der Waals surface area (Å²) in [7, 11) is 0. The molecule has 2 aromatic carbocycles. The summed E-state index contributed by atoms with van der Waals surface area (Å²) in [5.41, 5.74) is 2.06. The highest BCUT2D eigenvalue weighted by atomic mass is 16.5. The molecule has 0 atom stereocenters. The highest BCUT2D eigenvalue weighted by Gasteiger charge is 2.20. The molecule has 1 aliphatic rings. The molecule has 3 aromatic rings. The van der Waals surface area contributed by atoms with Gasteiger partial charge >= 0.3 is 6.09 Å². The van der Waals surface area contributed by atoms with E-state index >= 15 is 0 Å². The van der Waals surface area contributed by atoms with E-state index in [0.717, 1.165) is 34.9 Å². The lowest BCUT2D eigenvalue weighted by molar-refractivity contribution is -0.130. The van der Waals surface area contributed by atoms with E-state index in [1.165, 1.54) is 38.5 Å². The zero-order valence-corrected chi connectivity index (χ0v) is 24.7. The van der Waals surface area contributed by atoms with Crippen LogP contribution in [0.5, 0.6) is 5.75 Å². The number of carbonyl (C=O) groups is 2. The lowest BCUT2D eigenvalue weighted by Crippen LogP contribution is -2.31. The molecule has 1 fully saturated rings. The lowest BCUT2D eigenvalue weighted by atomic mass is 10.1. The van der Waals surface area contributed by atoms with Crippen LogP contribution in [0.2, 0.25) is 0 Å². The van der Waals surface area contributed by atoms with Crippen LogP contribution in [0.4, 0.5) is 27.9 Å². The number of anilines is 4. The second-order valence-electron chi connectivity index (χ2n) is 10.3. The average molecular weight is 575 g/mol. The fourth-order valence-corrected chi connectivity index (χ4v) is 5.17. The molecule has 1 saturated heterocycles. The van der Waals surface area contributed by atoms with Crippen LogP contribution in [0.25, 0.3) is 0 Å². The topological polar surface area (TPSA) is 111 Å². The van der Waals surface area contributed by atoms with Gasteiger partial charge in [0.25, 0.3) is 0 Å². The molecule has 0 spiro atoms. The molecule has 1 aliphatic heterocycles. The first-order chi connectivity index (χ1) is 20.5. The second-order valence-corrected chi connectivity index (χ2v) is 10.3. The summed E-state index contributed by atoms with van der Waals surface area (Å²) in [5, 5.41) is 13.3. The van der Waals surface area contributed by atoms with Crippen molar-refractivity contribution in [2.24, 2.45) is 0 Å². The van der Waals surface area contributed by atoms with Gasteiger partial charge in [-0.2, -0.15) is 4.98 Å². The molecular weight excluding hydrogens is 532 g/mol. The Morgan fingerprint density at radius 3 is 2.57 bits per heavy atom. The largest absolute Gasteiger partial charge is 0.493 e. The molecule has 0 radical (unpaired) electrons. The van der Waals surface area contributed by atoms with E-state index in [-0.39, 0.29) is 17.7 Å². The molecule has 0 aliphatic carbocycles. The van der Waals surface area contributed by atoms with E-state index in [9.17, 15) is 14.7 Å². The fraction of sp³-hybridized carbons (Fsp3) is 0.438. The highest BCUT2D eigenvalue weighted by Crippen LogP contribution is 2.27. The lowest BCUT2D eigenvalue weighted by Gasteiger charge is -2.26. The Bertz CT molecular complexity index is 1310. The third kappa shape index (κ3) is 8.91. The normalized spacial score (nSPS) is 13.4. The van der Waals surface area contributed by atoms with Gasteiger partial charge < -0.3 is 25.0 Å². The Balaban J connectivity index is 1.39. The van der Waals surface area contributed by atoms with Crippen LogP contribution >= 0.6 is 0 Å². The summed E-state index contributed by atoms with van der Waals surface area (Å²) in [5.74, 6) is 1.31. The number of amides is 2. The number of rotatable bonds is 14. The summed E-state index contributed by atoms with van der Waals surface area (Å²) in [6.45, 7) is 9.31. The first kappa shape index (κ1) is 30.8. The number of carbonyl (C=O) groups excluding carboxylic acids is 1. The minimum Gasteiger partial charge on any atom is -0.493 e. The first-order valence-corrected chi connectivity index (χ1v) is 14.9. The van der Waals surface area contributed by atoms with Gasteiger partial charge in [0, 0.05) is 50.1 Å². The average Bonchev–Trinajstić information content (AvgIpc) is 3.00. The number of benzene rings is 2. The highest BCUT2D eigenvalue weighted by molar-refractivity contribution is 5.93. The Hall–Kier alpha value is -4.18. The van der Waals surface area contributed by atoms with Gasteiger partial charge in [-0.15, -0.1) is 0 Å². The minimum absolute atomic E-state index is 0.0823. The second kappa shape index (κ2) is 15.7. The summed E-state index contributed by atoms with van der Waals surface area (Å²) < 4.78 is 5.98. The predicted molar refractivity (Wildman–Crippen MR) is 165 cm³/mol. The number of aryl methyl sites for hydroxylation is 1. The Morgan fingerprint density at radius 1 is 1.02 bits per heavy atom. The molecular formula is C32H42N6O4. The first-order valence-electron chi connectivity index (χ1n) is 14.9. The van der Waals surface area contributed by atoms with E-state index in [1.807, 2.05) is 44.2 Å². The zero-order chi connectivity index (χ0) is 29.7. The van der Waals surface area contributed by atoms with E-state index in [1.54, 1.807) is 29.2 Å². The Labute approximate surface area is 248 Å². The molecule has 224 valence electrons. The van der Waals surface area contributed by atoms with Gasteiger partial charge in [0.2, 0.25) is 11.9 Å². The number of hydrogen-bond acceptors (Lipinski definition) is 7. The van der Waals surface area contributed by atoms with Crippen molar-refractivity contribution in [3.8, 4) is 5.75 Å². The third-order valence-corrected chi connectivity index (χ3v) is 7.40. The number of carboxylic acid groups (broad SMARTS) is 1. The van der Waals surface area contributed by atoms with Crippen LogP contribution < -0.4 is 15.0 Å². The number of nitrogens with one attached hydrogen (secondary N) is 1. The molecule has 2 heterocycles. The van der Waals surface area contributed by atoms with E-state index in [2.05, 4.69) is 20.2 Å². The Kier molecular flexibility index (Phi) is 11.5. The fourth-order valence-electron chi connectivity index (χ4n) is 5.17. The molecule has 42 heavy (non-hydrogen) atoms. The zero-order valence-electron chi connectivity index (χ0n) is 24.7. The van der Waals surface area contributed by atoms with Crippen molar-refractivity contribution in [3.63, 3.8) is 0 Å². The van der Waals surface area contributed by atoms with Gasteiger partial charge in [0.1, 0.15) is 11.6 Å². The molecule has 4 rings (SSSR count).